The number of carboxylic acids is 1. The fraction of sp³-hybridized carbons (Fsp3) is 0.357. The first kappa shape index (κ1) is 16.9. The maximum Gasteiger partial charge on any atom is 0.341 e. The molecule has 21 heavy (non-hydrogen) atoms. The van der Waals surface area contributed by atoms with E-state index in [1.165, 1.54) is 0 Å². The van der Waals surface area contributed by atoms with Crippen molar-refractivity contribution >= 4 is 34.9 Å². The lowest BCUT2D eigenvalue weighted by atomic mass is 9.96. The van der Waals surface area contributed by atoms with E-state index in [1.54, 1.807) is 45.0 Å². The molecule has 0 aliphatic heterocycles. The van der Waals surface area contributed by atoms with Gasteiger partial charge < -0.3 is 20.5 Å². The summed E-state index contributed by atoms with van der Waals surface area (Å²) in [6, 6.07) is 6.57. The van der Waals surface area contributed by atoms with Crippen LogP contribution in [0, 0.1) is 5.41 Å². The fourth-order valence-electron chi connectivity index (χ4n) is 1.23. The minimum absolute atomic E-state index is 0.179. The first-order chi connectivity index (χ1) is 9.68. The summed E-state index contributed by atoms with van der Waals surface area (Å²) in [5, 5.41) is 14.2. The van der Waals surface area contributed by atoms with Gasteiger partial charge in [-0.15, -0.1) is 0 Å². The highest BCUT2D eigenvalue weighted by Crippen LogP contribution is 2.16. The second kappa shape index (κ2) is 7.03. The first-order valence-electron chi connectivity index (χ1n) is 6.25. The molecule has 0 saturated carbocycles. The summed E-state index contributed by atoms with van der Waals surface area (Å²) in [7, 11) is 0. The molecule has 0 bridgehead atoms. The van der Waals surface area contributed by atoms with Crippen LogP contribution in [0.4, 0.5) is 5.69 Å². The summed E-state index contributed by atoms with van der Waals surface area (Å²) in [4.78, 5) is 22.1. The van der Waals surface area contributed by atoms with Gasteiger partial charge in [-0.05, 0) is 36.5 Å². The van der Waals surface area contributed by atoms with Crippen LogP contribution in [0.3, 0.4) is 0 Å². The van der Waals surface area contributed by atoms with Gasteiger partial charge >= 0.3 is 5.97 Å². The van der Waals surface area contributed by atoms with E-state index < -0.39 is 18.0 Å². The zero-order valence-corrected chi connectivity index (χ0v) is 12.9. The molecular weight excluding hydrogens is 292 g/mol. The Balaban J connectivity index is 2.54. The van der Waals surface area contributed by atoms with Crippen LogP contribution in [0.15, 0.2) is 24.3 Å². The summed E-state index contributed by atoms with van der Waals surface area (Å²) < 4.78 is 5.01. The number of hydrogen-bond donors (Lipinski definition) is 3. The van der Waals surface area contributed by atoms with Crippen LogP contribution in [0.1, 0.15) is 20.8 Å². The van der Waals surface area contributed by atoms with Gasteiger partial charge in [-0.25, -0.2) is 4.79 Å². The second-order valence-electron chi connectivity index (χ2n) is 5.37. The van der Waals surface area contributed by atoms with Crippen LogP contribution >= 0.6 is 12.2 Å². The molecule has 1 amide bonds. The second-order valence-corrected chi connectivity index (χ2v) is 5.77. The molecule has 0 fully saturated rings. The Morgan fingerprint density at radius 3 is 2.29 bits per heavy atom. The zero-order chi connectivity index (χ0) is 16.0. The van der Waals surface area contributed by atoms with Gasteiger partial charge in [0, 0.05) is 11.1 Å². The largest absolute Gasteiger partial charge is 0.482 e. The van der Waals surface area contributed by atoms with Crippen molar-refractivity contribution in [1.29, 1.82) is 0 Å². The maximum absolute atomic E-state index is 11.8. The van der Waals surface area contributed by atoms with Crippen molar-refractivity contribution in [3.8, 4) is 5.75 Å². The lowest BCUT2D eigenvalue weighted by Gasteiger charge is -2.18. The molecule has 0 aliphatic rings. The molecule has 7 heteroatoms. The molecule has 0 aliphatic carbocycles. The number of hydrogen-bond acceptors (Lipinski definition) is 4. The third kappa shape index (κ3) is 6.22. The predicted octanol–water partition coefficient (Wildman–Crippen LogP) is 2.01. The number of carbonyl (C=O) groups excluding carboxylic acids is 1. The van der Waals surface area contributed by atoms with Crippen LogP contribution in [-0.4, -0.2) is 28.7 Å². The molecule has 0 spiro atoms. The van der Waals surface area contributed by atoms with E-state index >= 15 is 0 Å². The van der Waals surface area contributed by atoms with Crippen molar-refractivity contribution in [2.45, 2.75) is 20.8 Å². The minimum Gasteiger partial charge on any atom is -0.482 e. The molecule has 0 unspecified atom stereocenters. The Morgan fingerprint density at radius 1 is 1.24 bits per heavy atom. The number of benzene rings is 1. The third-order valence-electron chi connectivity index (χ3n) is 2.38. The van der Waals surface area contributed by atoms with E-state index in [0.29, 0.717) is 11.4 Å². The molecular formula is C14H18N2O4S. The monoisotopic (exact) mass is 310 g/mol. The van der Waals surface area contributed by atoms with Gasteiger partial charge in [0.1, 0.15) is 5.75 Å². The van der Waals surface area contributed by atoms with Crippen LogP contribution in [0.5, 0.6) is 5.75 Å². The Morgan fingerprint density at radius 2 is 1.81 bits per heavy atom. The third-order valence-corrected chi connectivity index (χ3v) is 2.59. The molecule has 0 atom stereocenters. The highest BCUT2D eigenvalue weighted by atomic mass is 32.1. The van der Waals surface area contributed by atoms with Crippen LogP contribution in [0.25, 0.3) is 0 Å². The van der Waals surface area contributed by atoms with Crippen molar-refractivity contribution in [1.82, 2.24) is 5.32 Å². The Bertz CT molecular complexity index is 535. The van der Waals surface area contributed by atoms with Crippen LogP contribution in [0.2, 0.25) is 0 Å². The lowest BCUT2D eigenvalue weighted by Crippen LogP contribution is -2.41. The Hall–Kier alpha value is -2.15. The van der Waals surface area contributed by atoms with E-state index in [-0.39, 0.29) is 11.0 Å². The van der Waals surface area contributed by atoms with Crippen molar-refractivity contribution in [2.75, 3.05) is 11.9 Å². The number of rotatable bonds is 4. The van der Waals surface area contributed by atoms with Gasteiger partial charge in [0.25, 0.3) is 0 Å². The summed E-state index contributed by atoms with van der Waals surface area (Å²) in [5.74, 6) is -0.780. The molecule has 1 aromatic carbocycles. The number of anilines is 1. The smallest absolute Gasteiger partial charge is 0.341 e. The normalized spacial score (nSPS) is 10.6. The van der Waals surface area contributed by atoms with E-state index in [2.05, 4.69) is 10.6 Å². The predicted molar refractivity (Wildman–Crippen MR) is 83.4 cm³/mol. The number of carboxylic acid groups (broad SMARTS) is 1. The summed E-state index contributed by atoms with van der Waals surface area (Å²) in [6.45, 7) is 4.98. The van der Waals surface area contributed by atoms with Gasteiger partial charge in [-0.3, -0.25) is 4.79 Å². The van der Waals surface area contributed by atoms with Crippen LogP contribution < -0.4 is 15.4 Å². The van der Waals surface area contributed by atoms with Crippen molar-refractivity contribution < 1.29 is 19.4 Å². The fourth-order valence-corrected chi connectivity index (χ4v) is 1.44. The molecule has 0 saturated heterocycles. The van der Waals surface area contributed by atoms with E-state index in [0.717, 1.165) is 0 Å². The summed E-state index contributed by atoms with van der Waals surface area (Å²) in [5.41, 5.74) is 0.136. The molecule has 3 N–H and O–H groups in total. The number of nitrogens with one attached hydrogen (secondary N) is 2. The van der Waals surface area contributed by atoms with Crippen molar-refractivity contribution in [2.24, 2.45) is 5.41 Å². The van der Waals surface area contributed by atoms with Crippen molar-refractivity contribution in [3.63, 3.8) is 0 Å². The molecule has 6 nitrogen and oxygen atoms in total. The average Bonchev–Trinajstić information content (AvgIpc) is 2.36. The number of amides is 1. The standard InChI is InChI=1S/C14H18N2O4S/c1-14(2,3)12(19)16-13(21)15-9-4-6-10(7-5-9)20-8-11(17)18/h4-7H,8H2,1-3H3,(H,17,18)(H2,15,16,19,21). The lowest BCUT2D eigenvalue weighted by molar-refractivity contribution is -0.139. The Kier molecular flexibility index (Phi) is 5.66. The molecule has 1 aromatic rings. The number of carbonyl (C=O) groups is 2. The summed E-state index contributed by atoms with van der Waals surface area (Å²) >= 11 is 5.05. The van der Waals surface area contributed by atoms with Gasteiger partial charge in [-0.1, -0.05) is 20.8 Å². The molecule has 0 aromatic heterocycles. The summed E-state index contributed by atoms with van der Waals surface area (Å²) in [6.07, 6.45) is 0. The van der Waals surface area contributed by atoms with Gasteiger partial charge in [0.15, 0.2) is 11.7 Å². The van der Waals surface area contributed by atoms with E-state index in [1.807, 2.05) is 0 Å². The van der Waals surface area contributed by atoms with E-state index in [4.69, 9.17) is 22.1 Å². The van der Waals surface area contributed by atoms with Gasteiger partial charge in [0.2, 0.25) is 5.91 Å². The molecule has 114 valence electrons. The molecule has 0 heterocycles. The quantitative estimate of drug-likeness (QED) is 0.737. The average molecular weight is 310 g/mol. The number of thiocarbonyl (C=S) groups is 1. The molecule has 0 radical (unpaired) electrons. The first-order valence-corrected chi connectivity index (χ1v) is 6.66. The molecule has 1 rings (SSSR count). The Labute approximate surface area is 128 Å². The number of aliphatic carboxylic acids is 1. The van der Waals surface area contributed by atoms with Crippen LogP contribution in [-0.2, 0) is 9.59 Å². The SMILES string of the molecule is CC(C)(C)C(=O)NC(=S)Nc1ccc(OCC(=O)O)cc1. The topological polar surface area (TPSA) is 87.7 Å². The maximum atomic E-state index is 11.8. The van der Waals surface area contributed by atoms with Crippen molar-refractivity contribution in [3.05, 3.63) is 24.3 Å². The zero-order valence-electron chi connectivity index (χ0n) is 12.1. The highest BCUT2D eigenvalue weighted by Gasteiger charge is 2.21. The number of ether oxygens (including phenoxy) is 1. The van der Waals surface area contributed by atoms with Gasteiger partial charge in [-0.2, -0.15) is 0 Å². The highest BCUT2D eigenvalue weighted by molar-refractivity contribution is 7.80. The van der Waals surface area contributed by atoms with Gasteiger partial charge in [0.05, 0.1) is 0 Å². The minimum atomic E-state index is -1.04. The van der Waals surface area contributed by atoms with E-state index in [9.17, 15) is 9.59 Å².